The molecular formula is C11H16O8. The van der Waals surface area contributed by atoms with E-state index in [0.29, 0.717) is 0 Å². The highest BCUT2D eigenvalue weighted by molar-refractivity contribution is 5.75. The zero-order valence-corrected chi connectivity index (χ0v) is 10.2. The molecule has 0 amide bonds. The average Bonchev–Trinajstić information content (AvgIpc) is 2.12. The summed E-state index contributed by atoms with van der Waals surface area (Å²) in [5.74, 6) is -5.02. The molecule has 0 aromatic rings. The fourth-order valence-corrected chi connectivity index (χ4v) is 2.03. The first-order chi connectivity index (χ1) is 8.67. The zero-order valence-electron chi connectivity index (χ0n) is 10.2. The van der Waals surface area contributed by atoms with Crippen LogP contribution in [0.2, 0.25) is 0 Å². The lowest BCUT2D eigenvalue weighted by Gasteiger charge is -2.29. The molecule has 0 heterocycles. The summed E-state index contributed by atoms with van der Waals surface area (Å²) in [6.07, 6.45) is -2.17. The van der Waals surface area contributed by atoms with Crippen LogP contribution >= 0.6 is 0 Å². The van der Waals surface area contributed by atoms with Crippen LogP contribution < -0.4 is 0 Å². The second kappa shape index (κ2) is 7.34. The van der Waals surface area contributed by atoms with Crippen LogP contribution in [-0.2, 0) is 19.2 Å². The van der Waals surface area contributed by atoms with Crippen LogP contribution in [0.4, 0.5) is 0 Å². The highest BCUT2D eigenvalue weighted by atomic mass is 16.4. The molecule has 0 atom stereocenters. The molecule has 0 rings (SSSR count). The molecule has 4 N–H and O–H groups in total. The molecule has 108 valence electrons. The molecule has 0 saturated heterocycles. The molecule has 8 heteroatoms. The third kappa shape index (κ3) is 7.74. The van der Waals surface area contributed by atoms with Crippen LogP contribution in [-0.4, -0.2) is 44.3 Å². The van der Waals surface area contributed by atoms with Crippen molar-refractivity contribution in [2.45, 2.75) is 38.5 Å². The molecule has 0 aromatic heterocycles. The first-order valence-electron chi connectivity index (χ1n) is 5.54. The van der Waals surface area contributed by atoms with E-state index in [0.717, 1.165) is 0 Å². The molecule has 0 aliphatic carbocycles. The standard InChI is InChI=1S/C11H16O8/c12-7(13)2-1-3-11(4-8(14)15,5-9(16)17)6-10(18)19/h1-6H2,(H,12,13)(H,14,15)(H,16,17)(H,18,19). The quantitative estimate of drug-likeness (QED) is 0.454. The van der Waals surface area contributed by atoms with Gasteiger partial charge in [0.05, 0.1) is 19.3 Å². The highest BCUT2D eigenvalue weighted by Gasteiger charge is 2.37. The number of rotatable bonds is 10. The van der Waals surface area contributed by atoms with Gasteiger partial charge in [-0.2, -0.15) is 0 Å². The summed E-state index contributed by atoms with van der Waals surface area (Å²) in [4.78, 5) is 42.7. The third-order valence-corrected chi connectivity index (χ3v) is 2.68. The fourth-order valence-electron chi connectivity index (χ4n) is 2.03. The van der Waals surface area contributed by atoms with Crippen molar-refractivity contribution in [1.29, 1.82) is 0 Å². The Morgan fingerprint density at radius 2 is 1.05 bits per heavy atom. The zero-order chi connectivity index (χ0) is 15.1. The van der Waals surface area contributed by atoms with Crippen molar-refractivity contribution in [2.75, 3.05) is 0 Å². The van der Waals surface area contributed by atoms with E-state index < -0.39 is 48.6 Å². The smallest absolute Gasteiger partial charge is 0.303 e. The summed E-state index contributed by atoms with van der Waals surface area (Å²) in [7, 11) is 0. The lowest BCUT2D eigenvalue weighted by molar-refractivity contribution is -0.147. The van der Waals surface area contributed by atoms with E-state index in [-0.39, 0.29) is 19.3 Å². The van der Waals surface area contributed by atoms with E-state index in [9.17, 15) is 19.2 Å². The Morgan fingerprint density at radius 1 is 0.684 bits per heavy atom. The van der Waals surface area contributed by atoms with Gasteiger partial charge in [-0.15, -0.1) is 0 Å². The molecule has 0 bridgehead atoms. The van der Waals surface area contributed by atoms with Crippen molar-refractivity contribution in [3.63, 3.8) is 0 Å². The lowest BCUT2D eigenvalue weighted by Crippen LogP contribution is -2.31. The van der Waals surface area contributed by atoms with Crippen molar-refractivity contribution in [3.8, 4) is 0 Å². The fraction of sp³-hybridized carbons (Fsp3) is 0.636. The maximum Gasteiger partial charge on any atom is 0.303 e. The number of carboxylic acids is 4. The van der Waals surface area contributed by atoms with Gasteiger partial charge in [-0.05, 0) is 12.8 Å². The monoisotopic (exact) mass is 276 g/mol. The molecule has 0 fully saturated rings. The molecule has 0 saturated carbocycles. The topological polar surface area (TPSA) is 149 Å². The average molecular weight is 276 g/mol. The van der Waals surface area contributed by atoms with Crippen molar-refractivity contribution < 1.29 is 39.6 Å². The summed E-state index contributed by atoms with van der Waals surface area (Å²) in [6, 6.07) is 0. The molecule has 19 heavy (non-hydrogen) atoms. The van der Waals surface area contributed by atoms with Crippen molar-refractivity contribution in [1.82, 2.24) is 0 Å². The second-order valence-electron chi connectivity index (χ2n) is 4.46. The molecule has 0 unspecified atom stereocenters. The van der Waals surface area contributed by atoms with E-state index in [1.165, 1.54) is 0 Å². The van der Waals surface area contributed by atoms with Crippen molar-refractivity contribution >= 4 is 23.9 Å². The first kappa shape index (κ1) is 16.9. The van der Waals surface area contributed by atoms with E-state index in [4.69, 9.17) is 20.4 Å². The van der Waals surface area contributed by atoms with Gasteiger partial charge in [-0.25, -0.2) is 0 Å². The van der Waals surface area contributed by atoms with Gasteiger partial charge in [-0.1, -0.05) is 0 Å². The number of aliphatic carboxylic acids is 4. The molecule has 0 aliphatic rings. The summed E-state index contributed by atoms with van der Waals surface area (Å²) >= 11 is 0. The summed E-state index contributed by atoms with van der Waals surface area (Å²) in [6.45, 7) is 0. The van der Waals surface area contributed by atoms with Gasteiger partial charge in [0.15, 0.2) is 0 Å². The van der Waals surface area contributed by atoms with Gasteiger partial charge in [0.1, 0.15) is 0 Å². The Labute approximate surface area is 108 Å². The van der Waals surface area contributed by atoms with Crippen LogP contribution in [0.5, 0.6) is 0 Å². The largest absolute Gasteiger partial charge is 0.481 e. The van der Waals surface area contributed by atoms with E-state index in [1.54, 1.807) is 0 Å². The predicted molar refractivity (Wildman–Crippen MR) is 60.7 cm³/mol. The van der Waals surface area contributed by atoms with Gasteiger partial charge >= 0.3 is 23.9 Å². The van der Waals surface area contributed by atoms with E-state index in [1.807, 2.05) is 0 Å². The maximum absolute atomic E-state index is 10.8. The van der Waals surface area contributed by atoms with Crippen molar-refractivity contribution in [3.05, 3.63) is 0 Å². The second-order valence-corrected chi connectivity index (χ2v) is 4.46. The number of hydrogen-bond donors (Lipinski definition) is 4. The van der Waals surface area contributed by atoms with Crippen LogP contribution in [0.25, 0.3) is 0 Å². The van der Waals surface area contributed by atoms with Crippen LogP contribution in [0.1, 0.15) is 38.5 Å². The van der Waals surface area contributed by atoms with Crippen molar-refractivity contribution in [2.24, 2.45) is 5.41 Å². The van der Waals surface area contributed by atoms with Gasteiger partial charge < -0.3 is 20.4 Å². The molecule has 0 aliphatic heterocycles. The third-order valence-electron chi connectivity index (χ3n) is 2.68. The SMILES string of the molecule is O=C(O)CCCC(CC(=O)O)(CC(=O)O)CC(=O)O. The molecule has 8 nitrogen and oxygen atoms in total. The van der Waals surface area contributed by atoms with Crippen LogP contribution in [0.15, 0.2) is 0 Å². The predicted octanol–water partition coefficient (Wildman–Crippen LogP) is 0.652. The number of hydrogen-bond acceptors (Lipinski definition) is 4. The summed E-state index contributed by atoms with van der Waals surface area (Å²) in [5, 5.41) is 34.9. The lowest BCUT2D eigenvalue weighted by atomic mass is 9.74. The normalized spacial score (nSPS) is 10.9. The Kier molecular flexibility index (Phi) is 6.53. The van der Waals surface area contributed by atoms with Gasteiger partial charge in [0.25, 0.3) is 0 Å². The van der Waals surface area contributed by atoms with Gasteiger partial charge in [-0.3, -0.25) is 19.2 Å². The minimum atomic E-state index is -1.46. The Morgan fingerprint density at radius 3 is 1.32 bits per heavy atom. The molecular weight excluding hydrogens is 260 g/mol. The Balaban J connectivity index is 4.97. The minimum Gasteiger partial charge on any atom is -0.481 e. The molecule has 0 radical (unpaired) electrons. The number of carbonyl (C=O) groups is 4. The summed E-state index contributed by atoms with van der Waals surface area (Å²) < 4.78 is 0. The summed E-state index contributed by atoms with van der Waals surface area (Å²) in [5.41, 5.74) is -1.46. The van der Waals surface area contributed by atoms with Gasteiger partial charge in [0, 0.05) is 11.8 Å². The molecule has 0 aromatic carbocycles. The maximum atomic E-state index is 10.8. The van der Waals surface area contributed by atoms with E-state index >= 15 is 0 Å². The Hall–Kier alpha value is -2.12. The van der Waals surface area contributed by atoms with Crippen LogP contribution in [0.3, 0.4) is 0 Å². The number of carboxylic acid groups (broad SMARTS) is 4. The van der Waals surface area contributed by atoms with E-state index in [2.05, 4.69) is 0 Å². The Bertz CT molecular complexity index is 332. The first-order valence-corrected chi connectivity index (χ1v) is 5.54. The highest BCUT2D eigenvalue weighted by Crippen LogP contribution is 2.37. The van der Waals surface area contributed by atoms with Crippen LogP contribution in [0, 0.1) is 5.41 Å². The minimum absolute atomic E-state index is 0.0309. The molecule has 0 spiro atoms. The van der Waals surface area contributed by atoms with Gasteiger partial charge in [0.2, 0.25) is 0 Å².